The van der Waals surface area contributed by atoms with Crippen LogP contribution in [0.3, 0.4) is 0 Å². The van der Waals surface area contributed by atoms with Crippen LogP contribution in [0.4, 0.5) is 0 Å². The van der Waals surface area contributed by atoms with E-state index < -0.39 is 5.63 Å². The number of carbonyl (C=O) groups excluding carboxylic acids is 1. The van der Waals surface area contributed by atoms with Gasteiger partial charge in [-0.15, -0.1) is 0 Å². The maximum atomic E-state index is 12.7. The summed E-state index contributed by atoms with van der Waals surface area (Å²) in [6.07, 6.45) is 0. The van der Waals surface area contributed by atoms with Crippen LogP contribution in [0.5, 0.6) is 5.75 Å². The first kappa shape index (κ1) is 19.4. The molecule has 6 heteroatoms. The highest BCUT2D eigenvalue weighted by atomic mass is 16.5. The van der Waals surface area contributed by atoms with Crippen LogP contribution >= 0.6 is 0 Å². The van der Waals surface area contributed by atoms with E-state index in [1.54, 1.807) is 31.4 Å². The molecule has 0 aliphatic carbocycles. The second kappa shape index (κ2) is 8.59. The minimum Gasteiger partial charge on any atom is -0.497 e. The number of rotatable bonds is 6. The van der Waals surface area contributed by atoms with Crippen molar-refractivity contribution in [2.75, 3.05) is 39.8 Å². The normalized spacial score (nSPS) is 15.5. The molecule has 0 N–H and O–H groups in total. The lowest BCUT2D eigenvalue weighted by molar-refractivity contribution is 0.0840. The van der Waals surface area contributed by atoms with E-state index in [0.29, 0.717) is 16.7 Å². The molecular formula is C23H24N2O4. The monoisotopic (exact) mass is 392 g/mol. The number of benzene rings is 2. The van der Waals surface area contributed by atoms with Gasteiger partial charge in [-0.05, 0) is 23.8 Å². The van der Waals surface area contributed by atoms with E-state index in [0.717, 1.165) is 32.7 Å². The Morgan fingerprint density at radius 2 is 1.72 bits per heavy atom. The summed E-state index contributed by atoms with van der Waals surface area (Å²) in [7, 11) is 1.55. The smallest absolute Gasteiger partial charge is 0.347 e. The van der Waals surface area contributed by atoms with Gasteiger partial charge in [-0.1, -0.05) is 30.3 Å². The van der Waals surface area contributed by atoms with Crippen LogP contribution in [-0.2, 0) is 6.54 Å². The Labute approximate surface area is 169 Å². The third-order valence-electron chi connectivity index (χ3n) is 5.32. The molecule has 0 unspecified atom stereocenters. The van der Waals surface area contributed by atoms with Crippen molar-refractivity contribution in [2.24, 2.45) is 0 Å². The molecule has 150 valence electrons. The number of methoxy groups -OCH3 is 1. The van der Waals surface area contributed by atoms with Crippen LogP contribution < -0.4 is 10.4 Å². The number of hydrogen-bond donors (Lipinski definition) is 0. The van der Waals surface area contributed by atoms with Crippen LogP contribution in [0.1, 0.15) is 15.9 Å². The third-order valence-corrected chi connectivity index (χ3v) is 5.32. The SMILES string of the molecule is COc1ccc2cc(C(=O)CN3CCN(Cc4ccccc4)CC3)c(=O)oc2c1. The topological polar surface area (TPSA) is 63.0 Å². The van der Waals surface area contributed by atoms with Crippen molar-refractivity contribution in [3.63, 3.8) is 0 Å². The fourth-order valence-electron chi connectivity index (χ4n) is 3.65. The number of carbonyl (C=O) groups is 1. The molecule has 3 aromatic rings. The Morgan fingerprint density at radius 3 is 2.45 bits per heavy atom. The zero-order valence-corrected chi connectivity index (χ0v) is 16.5. The Morgan fingerprint density at radius 1 is 1.00 bits per heavy atom. The molecule has 4 rings (SSSR count). The molecule has 0 radical (unpaired) electrons. The van der Waals surface area contributed by atoms with Crippen LogP contribution in [-0.4, -0.2) is 55.4 Å². The highest BCUT2D eigenvalue weighted by Crippen LogP contribution is 2.20. The van der Waals surface area contributed by atoms with Crippen molar-refractivity contribution in [1.82, 2.24) is 9.80 Å². The largest absolute Gasteiger partial charge is 0.497 e. The first-order chi connectivity index (χ1) is 14.1. The Bertz CT molecular complexity index is 1050. The molecule has 1 aliphatic rings. The van der Waals surface area contributed by atoms with Crippen molar-refractivity contribution < 1.29 is 13.9 Å². The predicted octanol–water partition coefficient (Wildman–Crippen LogP) is 2.80. The van der Waals surface area contributed by atoms with Gasteiger partial charge in [-0.25, -0.2) is 4.79 Å². The summed E-state index contributed by atoms with van der Waals surface area (Å²) < 4.78 is 10.5. The Hall–Kier alpha value is -2.96. The zero-order valence-electron chi connectivity index (χ0n) is 16.5. The van der Waals surface area contributed by atoms with Crippen molar-refractivity contribution in [2.45, 2.75) is 6.54 Å². The second-order valence-corrected chi connectivity index (χ2v) is 7.31. The van der Waals surface area contributed by atoms with Gasteiger partial charge in [-0.3, -0.25) is 14.6 Å². The molecule has 0 spiro atoms. The molecule has 1 saturated heterocycles. The number of piperazine rings is 1. The summed E-state index contributed by atoms with van der Waals surface area (Å²) in [5.74, 6) is 0.404. The third kappa shape index (κ3) is 4.55. The van der Waals surface area contributed by atoms with Crippen LogP contribution in [0.2, 0.25) is 0 Å². The van der Waals surface area contributed by atoms with Crippen molar-refractivity contribution >= 4 is 16.8 Å². The summed E-state index contributed by atoms with van der Waals surface area (Å²) in [5.41, 5.74) is 1.22. The summed E-state index contributed by atoms with van der Waals surface area (Å²) in [4.78, 5) is 29.5. The van der Waals surface area contributed by atoms with Crippen molar-refractivity contribution in [1.29, 1.82) is 0 Å². The molecule has 1 aromatic heterocycles. The highest BCUT2D eigenvalue weighted by Gasteiger charge is 2.22. The summed E-state index contributed by atoms with van der Waals surface area (Å²) in [6, 6.07) is 17.2. The Kier molecular flexibility index (Phi) is 5.74. The van der Waals surface area contributed by atoms with E-state index in [2.05, 4.69) is 34.1 Å². The fourth-order valence-corrected chi connectivity index (χ4v) is 3.65. The lowest BCUT2D eigenvalue weighted by atomic mass is 10.1. The summed E-state index contributed by atoms with van der Waals surface area (Å²) >= 11 is 0. The van der Waals surface area contributed by atoms with Crippen molar-refractivity contribution in [3.05, 3.63) is 76.1 Å². The number of ether oxygens (including phenoxy) is 1. The predicted molar refractivity (Wildman–Crippen MR) is 112 cm³/mol. The standard InChI is InChI=1S/C23H24N2O4/c1-28-19-8-7-18-13-20(23(27)29-22(18)14-19)21(26)16-25-11-9-24(10-12-25)15-17-5-3-2-4-6-17/h2-8,13-14H,9-12,15-16H2,1H3. The maximum absolute atomic E-state index is 12.7. The minimum atomic E-state index is -0.599. The van der Waals surface area contributed by atoms with E-state index in [1.165, 1.54) is 5.56 Å². The van der Waals surface area contributed by atoms with Gasteiger partial charge >= 0.3 is 5.63 Å². The zero-order chi connectivity index (χ0) is 20.2. The molecule has 0 amide bonds. The average molecular weight is 392 g/mol. The maximum Gasteiger partial charge on any atom is 0.347 e. The van der Waals surface area contributed by atoms with E-state index in [1.807, 2.05) is 6.07 Å². The van der Waals surface area contributed by atoms with Crippen molar-refractivity contribution in [3.8, 4) is 5.75 Å². The van der Waals surface area contributed by atoms with Crippen LogP contribution in [0.15, 0.2) is 63.8 Å². The number of nitrogens with zero attached hydrogens (tertiary/aromatic N) is 2. The van der Waals surface area contributed by atoms with Gasteiger partial charge < -0.3 is 9.15 Å². The van der Waals surface area contributed by atoms with Gasteiger partial charge in [0.2, 0.25) is 0 Å². The average Bonchev–Trinajstić information content (AvgIpc) is 2.75. The van der Waals surface area contributed by atoms with Gasteiger partial charge in [-0.2, -0.15) is 0 Å². The molecule has 0 atom stereocenters. The number of fused-ring (bicyclic) bond motifs is 1. The van der Waals surface area contributed by atoms with E-state index in [9.17, 15) is 9.59 Å². The van der Waals surface area contributed by atoms with E-state index >= 15 is 0 Å². The molecular weight excluding hydrogens is 368 g/mol. The first-order valence-corrected chi connectivity index (χ1v) is 9.76. The molecule has 6 nitrogen and oxygen atoms in total. The van der Waals surface area contributed by atoms with Gasteiger partial charge in [0.15, 0.2) is 5.78 Å². The first-order valence-electron chi connectivity index (χ1n) is 9.76. The van der Waals surface area contributed by atoms with Gasteiger partial charge in [0, 0.05) is 44.2 Å². The molecule has 1 aliphatic heterocycles. The minimum absolute atomic E-state index is 0.106. The fraction of sp³-hybridized carbons (Fsp3) is 0.304. The molecule has 2 heterocycles. The second-order valence-electron chi connectivity index (χ2n) is 7.31. The molecule has 0 saturated carbocycles. The Balaban J connectivity index is 1.38. The quantitative estimate of drug-likeness (QED) is 0.475. The number of ketones is 1. The lowest BCUT2D eigenvalue weighted by Gasteiger charge is -2.34. The molecule has 29 heavy (non-hydrogen) atoms. The van der Waals surface area contributed by atoms with Gasteiger partial charge in [0.25, 0.3) is 0 Å². The van der Waals surface area contributed by atoms with E-state index in [-0.39, 0.29) is 17.9 Å². The highest BCUT2D eigenvalue weighted by molar-refractivity contribution is 5.99. The van der Waals surface area contributed by atoms with Crippen LogP contribution in [0, 0.1) is 0 Å². The van der Waals surface area contributed by atoms with Gasteiger partial charge in [0.05, 0.1) is 13.7 Å². The molecule has 1 fully saturated rings. The molecule has 2 aromatic carbocycles. The summed E-state index contributed by atoms with van der Waals surface area (Å²) in [5, 5.41) is 0.710. The number of hydrogen-bond acceptors (Lipinski definition) is 6. The lowest BCUT2D eigenvalue weighted by Crippen LogP contribution is -2.47. The van der Waals surface area contributed by atoms with E-state index in [4.69, 9.17) is 9.15 Å². The summed E-state index contributed by atoms with van der Waals surface area (Å²) in [6.45, 7) is 4.54. The van der Waals surface area contributed by atoms with Crippen LogP contribution in [0.25, 0.3) is 11.0 Å². The molecule has 0 bridgehead atoms. The number of Topliss-reactive ketones (excluding diaryl/α,β-unsaturated/α-hetero) is 1. The van der Waals surface area contributed by atoms with Gasteiger partial charge in [0.1, 0.15) is 16.9 Å².